The van der Waals surface area contributed by atoms with E-state index in [2.05, 4.69) is 10.3 Å². The first-order chi connectivity index (χ1) is 8.70. The van der Waals surface area contributed by atoms with Crippen molar-refractivity contribution in [2.75, 3.05) is 7.05 Å². The van der Waals surface area contributed by atoms with Crippen molar-refractivity contribution >= 4 is 0 Å². The summed E-state index contributed by atoms with van der Waals surface area (Å²) in [6.45, 7) is 2.49. The Hall–Kier alpha value is -1.94. The molecule has 0 atom stereocenters. The molecule has 3 nitrogen and oxygen atoms in total. The van der Waals surface area contributed by atoms with Gasteiger partial charge in [-0.25, -0.2) is 4.39 Å². The summed E-state index contributed by atoms with van der Waals surface area (Å²) in [4.78, 5) is 4.06. The Morgan fingerprint density at radius 1 is 1.28 bits per heavy atom. The van der Waals surface area contributed by atoms with Gasteiger partial charge in [-0.15, -0.1) is 0 Å². The minimum Gasteiger partial charge on any atom is -0.457 e. The van der Waals surface area contributed by atoms with Crippen LogP contribution in [0, 0.1) is 12.7 Å². The number of aryl methyl sites for hydroxylation is 1. The zero-order valence-electron chi connectivity index (χ0n) is 10.4. The summed E-state index contributed by atoms with van der Waals surface area (Å²) < 4.78 is 18.8. The van der Waals surface area contributed by atoms with Gasteiger partial charge in [0.15, 0.2) is 0 Å². The number of rotatable bonds is 4. The van der Waals surface area contributed by atoms with E-state index >= 15 is 0 Å². The summed E-state index contributed by atoms with van der Waals surface area (Å²) in [5.74, 6) is 1.12. The minimum atomic E-state index is -0.259. The second-order valence-electron chi connectivity index (χ2n) is 4.03. The second-order valence-corrected chi connectivity index (χ2v) is 4.03. The van der Waals surface area contributed by atoms with Crippen molar-refractivity contribution < 1.29 is 9.13 Å². The molecule has 1 aromatic heterocycles. The molecule has 1 aromatic carbocycles. The van der Waals surface area contributed by atoms with E-state index in [4.69, 9.17) is 4.74 Å². The maximum absolute atomic E-state index is 13.0. The van der Waals surface area contributed by atoms with Crippen molar-refractivity contribution in [1.29, 1.82) is 0 Å². The van der Waals surface area contributed by atoms with Crippen molar-refractivity contribution in [1.82, 2.24) is 10.3 Å². The molecule has 0 aliphatic rings. The van der Waals surface area contributed by atoms with Crippen LogP contribution in [-0.2, 0) is 6.54 Å². The predicted octanol–water partition coefficient (Wildman–Crippen LogP) is 3.04. The van der Waals surface area contributed by atoms with Gasteiger partial charge in [0.2, 0.25) is 0 Å². The number of hydrogen-bond acceptors (Lipinski definition) is 3. The maximum atomic E-state index is 13.0. The van der Waals surface area contributed by atoms with Gasteiger partial charge >= 0.3 is 0 Å². The monoisotopic (exact) mass is 246 g/mol. The molecule has 0 spiro atoms. The summed E-state index contributed by atoms with van der Waals surface area (Å²) >= 11 is 0. The van der Waals surface area contributed by atoms with Gasteiger partial charge in [-0.3, -0.25) is 4.98 Å². The molecule has 1 N–H and O–H groups in total. The Bertz CT molecular complexity index is 543. The van der Waals surface area contributed by atoms with E-state index in [1.165, 1.54) is 12.1 Å². The summed E-state index contributed by atoms with van der Waals surface area (Å²) in [5.41, 5.74) is 1.73. The third-order valence-corrected chi connectivity index (χ3v) is 2.58. The molecule has 0 saturated carbocycles. The van der Waals surface area contributed by atoms with E-state index in [9.17, 15) is 4.39 Å². The number of pyridine rings is 1. The standard InChI is InChI=1S/C14H15FN2O/c1-10-7-12(15)3-4-13(10)18-14-5-6-17-9-11(14)8-16-2/h3-7,9,16H,8H2,1-2H3. The number of aromatic nitrogens is 1. The first kappa shape index (κ1) is 12.5. The molecule has 1 heterocycles. The van der Waals surface area contributed by atoms with Crippen LogP contribution in [0.4, 0.5) is 4.39 Å². The quantitative estimate of drug-likeness (QED) is 0.900. The van der Waals surface area contributed by atoms with Gasteiger partial charge in [-0.1, -0.05) is 0 Å². The zero-order valence-corrected chi connectivity index (χ0v) is 10.4. The average Bonchev–Trinajstić information content (AvgIpc) is 2.35. The predicted molar refractivity (Wildman–Crippen MR) is 68.2 cm³/mol. The largest absolute Gasteiger partial charge is 0.457 e. The third-order valence-electron chi connectivity index (χ3n) is 2.58. The fourth-order valence-electron chi connectivity index (χ4n) is 1.68. The molecule has 2 rings (SSSR count). The molecule has 94 valence electrons. The summed E-state index contributed by atoms with van der Waals surface area (Å²) in [6, 6.07) is 6.28. The van der Waals surface area contributed by atoms with Crippen molar-refractivity contribution in [2.24, 2.45) is 0 Å². The third kappa shape index (κ3) is 2.84. The lowest BCUT2D eigenvalue weighted by atomic mass is 10.2. The first-order valence-corrected chi connectivity index (χ1v) is 5.72. The van der Waals surface area contributed by atoms with Crippen LogP contribution in [0.1, 0.15) is 11.1 Å². The van der Waals surface area contributed by atoms with Crippen molar-refractivity contribution in [2.45, 2.75) is 13.5 Å². The average molecular weight is 246 g/mol. The lowest BCUT2D eigenvalue weighted by Crippen LogP contribution is -2.06. The fourth-order valence-corrected chi connectivity index (χ4v) is 1.68. The Morgan fingerprint density at radius 3 is 2.83 bits per heavy atom. The van der Waals surface area contributed by atoms with E-state index in [1.54, 1.807) is 24.5 Å². The lowest BCUT2D eigenvalue weighted by Gasteiger charge is -2.12. The molecule has 0 radical (unpaired) electrons. The van der Waals surface area contributed by atoms with Gasteiger partial charge in [0.25, 0.3) is 0 Å². The van der Waals surface area contributed by atoms with Gasteiger partial charge in [0.05, 0.1) is 0 Å². The van der Waals surface area contributed by atoms with E-state index < -0.39 is 0 Å². The highest BCUT2D eigenvalue weighted by molar-refractivity contribution is 5.39. The Morgan fingerprint density at radius 2 is 2.11 bits per heavy atom. The first-order valence-electron chi connectivity index (χ1n) is 5.72. The molecule has 0 unspecified atom stereocenters. The Labute approximate surface area is 106 Å². The minimum absolute atomic E-state index is 0.259. The van der Waals surface area contributed by atoms with Gasteiger partial charge in [-0.2, -0.15) is 0 Å². The van der Waals surface area contributed by atoms with E-state index in [0.717, 1.165) is 16.9 Å². The number of nitrogens with zero attached hydrogens (tertiary/aromatic N) is 1. The Kier molecular flexibility index (Phi) is 3.89. The van der Waals surface area contributed by atoms with Gasteiger partial charge < -0.3 is 10.1 Å². The molecule has 0 amide bonds. The van der Waals surface area contributed by atoms with E-state index in [1.807, 2.05) is 14.0 Å². The van der Waals surface area contributed by atoms with Crippen LogP contribution >= 0.6 is 0 Å². The highest BCUT2D eigenvalue weighted by Gasteiger charge is 2.06. The molecule has 4 heteroatoms. The number of benzene rings is 1. The van der Waals surface area contributed by atoms with Crippen LogP contribution in [0.5, 0.6) is 11.5 Å². The number of halogens is 1. The van der Waals surface area contributed by atoms with Gasteiger partial charge in [0.1, 0.15) is 17.3 Å². The topological polar surface area (TPSA) is 34.2 Å². The molecule has 0 aliphatic heterocycles. The molecule has 2 aromatic rings. The van der Waals surface area contributed by atoms with Gasteiger partial charge in [0, 0.05) is 24.5 Å². The van der Waals surface area contributed by atoms with E-state index in [-0.39, 0.29) is 5.82 Å². The number of ether oxygens (including phenoxy) is 1. The van der Waals surface area contributed by atoms with Crippen LogP contribution in [0.15, 0.2) is 36.7 Å². The van der Waals surface area contributed by atoms with Gasteiger partial charge in [-0.05, 0) is 43.8 Å². The second kappa shape index (κ2) is 5.60. The number of nitrogens with one attached hydrogen (secondary N) is 1. The maximum Gasteiger partial charge on any atom is 0.135 e. The molecular formula is C14H15FN2O. The molecule has 0 bridgehead atoms. The molecule has 18 heavy (non-hydrogen) atoms. The lowest BCUT2D eigenvalue weighted by molar-refractivity contribution is 0.467. The van der Waals surface area contributed by atoms with Crippen LogP contribution in [0.3, 0.4) is 0 Å². The van der Waals surface area contributed by atoms with Crippen LogP contribution in [0.25, 0.3) is 0 Å². The molecule has 0 fully saturated rings. The Balaban J connectivity index is 2.28. The zero-order chi connectivity index (χ0) is 13.0. The van der Waals surface area contributed by atoms with Crippen LogP contribution < -0.4 is 10.1 Å². The highest BCUT2D eigenvalue weighted by Crippen LogP contribution is 2.27. The van der Waals surface area contributed by atoms with E-state index in [0.29, 0.717) is 12.3 Å². The van der Waals surface area contributed by atoms with Crippen molar-refractivity contribution in [3.63, 3.8) is 0 Å². The normalized spacial score (nSPS) is 10.4. The van der Waals surface area contributed by atoms with Crippen LogP contribution in [0.2, 0.25) is 0 Å². The highest BCUT2D eigenvalue weighted by atomic mass is 19.1. The summed E-state index contributed by atoms with van der Waals surface area (Å²) in [5, 5.41) is 3.05. The SMILES string of the molecule is CNCc1cnccc1Oc1ccc(F)cc1C. The smallest absolute Gasteiger partial charge is 0.135 e. The van der Waals surface area contributed by atoms with Crippen molar-refractivity contribution in [3.05, 3.63) is 53.6 Å². The summed E-state index contributed by atoms with van der Waals surface area (Å²) in [7, 11) is 1.86. The molecule has 0 aliphatic carbocycles. The number of hydrogen-bond donors (Lipinski definition) is 1. The molecule has 0 saturated heterocycles. The van der Waals surface area contributed by atoms with Crippen molar-refractivity contribution in [3.8, 4) is 11.5 Å². The summed E-state index contributed by atoms with van der Waals surface area (Å²) in [6.07, 6.45) is 3.43. The van der Waals surface area contributed by atoms with Crippen LogP contribution in [-0.4, -0.2) is 12.0 Å². The fraction of sp³-hybridized carbons (Fsp3) is 0.214. The molecular weight excluding hydrogens is 231 g/mol.